The zero-order valence-electron chi connectivity index (χ0n) is 27.9. The van der Waals surface area contributed by atoms with Gasteiger partial charge < -0.3 is 13.7 Å². The molecule has 0 aliphatic rings. The Balaban J connectivity index is 1.05. The van der Waals surface area contributed by atoms with Crippen molar-refractivity contribution in [3.63, 3.8) is 0 Å². The maximum atomic E-state index is 6.22. The van der Waals surface area contributed by atoms with Crippen molar-refractivity contribution < 1.29 is 8.83 Å². The minimum atomic E-state index is 0.903. The van der Waals surface area contributed by atoms with Gasteiger partial charge in [-0.15, -0.1) is 11.3 Å². The molecule has 244 valence electrons. The Bertz CT molecular complexity index is 2970. The number of fused-ring (bicyclic) bond motifs is 9. The molecule has 0 aliphatic heterocycles. The molecule has 0 bridgehead atoms. The molecule has 0 unspecified atom stereocenters. The molecule has 0 radical (unpaired) electrons. The first kappa shape index (κ1) is 29.1. The van der Waals surface area contributed by atoms with Crippen LogP contribution in [0.3, 0.4) is 0 Å². The second-order valence-corrected chi connectivity index (χ2v) is 14.3. The number of furan rings is 2. The minimum absolute atomic E-state index is 0.903. The number of rotatable bonds is 5. The Hall–Kier alpha value is -6.62. The van der Waals surface area contributed by atoms with Gasteiger partial charge in [-0.3, -0.25) is 0 Å². The summed E-state index contributed by atoms with van der Waals surface area (Å²) in [5.41, 5.74) is 11.5. The van der Waals surface area contributed by atoms with Crippen LogP contribution in [0.5, 0.6) is 0 Å². The Morgan fingerprint density at radius 3 is 1.38 bits per heavy atom. The number of hydrogen-bond donors (Lipinski definition) is 0. The summed E-state index contributed by atoms with van der Waals surface area (Å²) in [6.45, 7) is 0. The lowest BCUT2D eigenvalue weighted by atomic mass is 9.98. The third-order valence-electron chi connectivity index (χ3n) is 10.3. The topological polar surface area (TPSA) is 29.5 Å². The lowest BCUT2D eigenvalue weighted by molar-refractivity contribution is 0.668. The van der Waals surface area contributed by atoms with Crippen LogP contribution in [0.25, 0.3) is 86.3 Å². The van der Waals surface area contributed by atoms with Gasteiger partial charge in [-0.2, -0.15) is 0 Å². The van der Waals surface area contributed by atoms with Crippen molar-refractivity contribution >= 4 is 92.4 Å². The van der Waals surface area contributed by atoms with Gasteiger partial charge in [0.05, 0.1) is 0 Å². The van der Waals surface area contributed by atoms with E-state index in [1.165, 1.54) is 20.2 Å². The Labute approximate surface area is 303 Å². The maximum Gasteiger partial charge on any atom is 0.136 e. The van der Waals surface area contributed by atoms with Crippen molar-refractivity contribution in [3.8, 4) is 22.3 Å². The molecule has 11 aromatic rings. The van der Waals surface area contributed by atoms with E-state index >= 15 is 0 Å². The van der Waals surface area contributed by atoms with E-state index in [2.05, 4.69) is 157 Å². The van der Waals surface area contributed by atoms with Crippen LogP contribution in [-0.4, -0.2) is 0 Å². The monoisotopic (exact) mass is 683 g/mol. The third kappa shape index (κ3) is 4.51. The zero-order chi connectivity index (χ0) is 34.2. The molecule has 0 saturated carbocycles. The maximum absolute atomic E-state index is 6.22. The van der Waals surface area contributed by atoms with Crippen LogP contribution in [0.15, 0.2) is 185 Å². The lowest BCUT2D eigenvalue weighted by Crippen LogP contribution is -2.09. The number of benzene rings is 8. The Morgan fingerprint density at radius 1 is 0.346 bits per heavy atom. The first-order valence-corrected chi connectivity index (χ1v) is 18.3. The predicted molar refractivity (Wildman–Crippen MR) is 219 cm³/mol. The second-order valence-electron chi connectivity index (χ2n) is 13.3. The molecule has 0 N–H and O–H groups in total. The molecule has 3 aromatic heterocycles. The van der Waals surface area contributed by atoms with E-state index in [0.717, 1.165) is 83.2 Å². The summed E-state index contributed by atoms with van der Waals surface area (Å²) in [4.78, 5) is 2.36. The van der Waals surface area contributed by atoms with Gasteiger partial charge in [-0.05, 0) is 95.1 Å². The Morgan fingerprint density at radius 2 is 0.808 bits per heavy atom. The normalized spacial score (nSPS) is 11.8. The fourth-order valence-electron chi connectivity index (χ4n) is 7.91. The second kappa shape index (κ2) is 11.5. The molecule has 0 amide bonds. The summed E-state index contributed by atoms with van der Waals surface area (Å²) in [6, 6.07) is 62.6. The van der Waals surface area contributed by atoms with E-state index in [9.17, 15) is 0 Å². The fraction of sp³-hybridized carbons (Fsp3) is 0. The van der Waals surface area contributed by atoms with Gasteiger partial charge in [-0.25, -0.2) is 0 Å². The van der Waals surface area contributed by atoms with Crippen molar-refractivity contribution in [1.82, 2.24) is 0 Å². The summed E-state index contributed by atoms with van der Waals surface area (Å²) in [5, 5.41) is 7.12. The largest absolute Gasteiger partial charge is 0.456 e. The average molecular weight is 684 g/mol. The summed E-state index contributed by atoms with van der Waals surface area (Å²) < 4.78 is 15.0. The third-order valence-corrected chi connectivity index (χ3v) is 11.4. The van der Waals surface area contributed by atoms with Crippen LogP contribution in [0, 0.1) is 0 Å². The molecule has 3 nitrogen and oxygen atoms in total. The average Bonchev–Trinajstić information content (AvgIpc) is 3.90. The highest BCUT2D eigenvalue weighted by Crippen LogP contribution is 2.43. The van der Waals surface area contributed by atoms with Gasteiger partial charge in [0.2, 0.25) is 0 Å². The molecule has 0 atom stereocenters. The molecule has 3 heterocycles. The molecular formula is C48H29NO2S. The summed E-state index contributed by atoms with van der Waals surface area (Å²) >= 11 is 1.84. The smallest absolute Gasteiger partial charge is 0.136 e. The quantitative estimate of drug-likeness (QED) is 0.181. The molecule has 8 aromatic carbocycles. The van der Waals surface area contributed by atoms with Crippen molar-refractivity contribution in [2.75, 3.05) is 4.90 Å². The van der Waals surface area contributed by atoms with E-state index in [0.29, 0.717) is 0 Å². The Kier molecular flexibility index (Phi) is 6.42. The van der Waals surface area contributed by atoms with Gasteiger partial charge in [0.1, 0.15) is 22.3 Å². The molecule has 11 rings (SSSR count). The van der Waals surface area contributed by atoms with Crippen LogP contribution in [0.1, 0.15) is 0 Å². The number of thiophene rings is 1. The molecule has 0 fully saturated rings. The van der Waals surface area contributed by atoms with Crippen molar-refractivity contribution in [2.24, 2.45) is 0 Å². The minimum Gasteiger partial charge on any atom is -0.456 e. The fourth-order valence-corrected chi connectivity index (χ4v) is 9.00. The van der Waals surface area contributed by atoms with Crippen LogP contribution >= 0.6 is 11.3 Å². The summed E-state index contributed by atoms with van der Waals surface area (Å²) in [6.07, 6.45) is 0. The SMILES string of the molecule is c1ccc2c(c1)oc1cccc(-c3ccc(N(c4ccc(-c5cccc6oc7ccccc7c56)cc4)c4ccc5sc6ccccc6c5c4)cc3)c12. The number of nitrogens with zero attached hydrogens (tertiary/aromatic N) is 1. The van der Waals surface area contributed by atoms with E-state index in [1.807, 2.05) is 35.6 Å². The first-order valence-electron chi connectivity index (χ1n) is 17.5. The van der Waals surface area contributed by atoms with Crippen molar-refractivity contribution in [1.29, 1.82) is 0 Å². The highest BCUT2D eigenvalue weighted by Gasteiger charge is 2.18. The van der Waals surface area contributed by atoms with Crippen LogP contribution < -0.4 is 4.90 Å². The standard InChI is InChI=1S/C48H29NO2S/c1-4-14-41-38(10-1)47-35(12-7-16-43(47)50-41)30-19-23-32(24-20-30)49(34-27-28-46-40(29-34)37-9-3-6-18-45(37)52-46)33-25-21-31(22-26-33)36-13-8-17-44-48(36)39-11-2-5-15-42(39)51-44/h1-29H. The predicted octanol–water partition coefficient (Wildman–Crippen LogP) is 14.7. The van der Waals surface area contributed by atoms with Gasteiger partial charge in [0.15, 0.2) is 0 Å². The van der Waals surface area contributed by atoms with Crippen molar-refractivity contribution in [3.05, 3.63) is 176 Å². The first-order chi connectivity index (χ1) is 25.8. The zero-order valence-corrected chi connectivity index (χ0v) is 28.7. The lowest BCUT2D eigenvalue weighted by Gasteiger charge is -2.26. The molecule has 0 saturated heterocycles. The molecule has 52 heavy (non-hydrogen) atoms. The van der Waals surface area contributed by atoms with E-state index < -0.39 is 0 Å². The van der Waals surface area contributed by atoms with Gasteiger partial charge in [0.25, 0.3) is 0 Å². The van der Waals surface area contributed by atoms with Gasteiger partial charge in [0, 0.05) is 58.8 Å². The van der Waals surface area contributed by atoms with E-state index in [-0.39, 0.29) is 0 Å². The molecular weight excluding hydrogens is 655 g/mol. The molecule has 0 aliphatic carbocycles. The van der Waals surface area contributed by atoms with Crippen LogP contribution in [0.4, 0.5) is 17.1 Å². The molecule has 4 heteroatoms. The molecule has 0 spiro atoms. The van der Waals surface area contributed by atoms with E-state index in [1.54, 1.807) is 0 Å². The number of anilines is 3. The summed E-state index contributed by atoms with van der Waals surface area (Å²) in [7, 11) is 0. The van der Waals surface area contributed by atoms with E-state index in [4.69, 9.17) is 8.83 Å². The van der Waals surface area contributed by atoms with Crippen LogP contribution in [0.2, 0.25) is 0 Å². The van der Waals surface area contributed by atoms with Gasteiger partial charge >= 0.3 is 0 Å². The van der Waals surface area contributed by atoms with Gasteiger partial charge in [-0.1, -0.05) is 103 Å². The number of hydrogen-bond acceptors (Lipinski definition) is 4. The summed E-state index contributed by atoms with van der Waals surface area (Å²) in [5.74, 6) is 0. The van der Waals surface area contributed by atoms with Crippen LogP contribution in [-0.2, 0) is 0 Å². The number of para-hydroxylation sites is 2. The highest BCUT2D eigenvalue weighted by atomic mass is 32.1. The van der Waals surface area contributed by atoms with Crippen molar-refractivity contribution in [2.45, 2.75) is 0 Å². The highest BCUT2D eigenvalue weighted by molar-refractivity contribution is 7.25.